The summed E-state index contributed by atoms with van der Waals surface area (Å²) in [6, 6.07) is 11.5. The van der Waals surface area contributed by atoms with Crippen molar-refractivity contribution in [2.75, 3.05) is 0 Å². The molecule has 0 bridgehead atoms. The molecule has 0 atom stereocenters. The molecule has 4 heteroatoms. The number of aryl methyl sites for hydroxylation is 1. The Morgan fingerprint density at radius 3 is 2.74 bits per heavy atom. The Labute approximate surface area is 126 Å². The van der Waals surface area contributed by atoms with Crippen LogP contribution >= 0.6 is 22.6 Å². The number of hydrogen-bond donors (Lipinski definition) is 1. The maximum absolute atomic E-state index is 9.29. The van der Waals surface area contributed by atoms with Gasteiger partial charge in [0.25, 0.3) is 0 Å². The molecule has 2 rings (SSSR count). The highest BCUT2D eigenvalue weighted by Gasteiger charge is 2.06. The van der Waals surface area contributed by atoms with Gasteiger partial charge in [0.05, 0.1) is 10.2 Å². The Kier molecular flexibility index (Phi) is 5.15. The number of para-hydroxylation sites is 1. The summed E-state index contributed by atoms with van der Waals surface area (Å²) in [4.78, 5) is 4.47. The second-order valence-electron chi connectivity index (χ2n) is 4.25. The minimum Gasteiger partial charge on any atom is -0.438 e. The van der Waals surface area contributed by atoms with Crippen molar-refractivity contribution in [1.29, 1.82) is 0 Å². The van der Waals surface area contributed by atoms with Crippen LogP contribution in [0, 0.1) is 3.57 Å². The number of halogens is 1. The first-order valence-corrected chi connectivity index (χ1v) is 7.34. The van der Waals surface area contributed by atoms with Crippen LogP contribution in [0.2, 0.25) is 0 Å². The van der Waals surface area contributed by atoms with Crippen LogP contribution in [-0.2, 0) is 13.0 Å². The van der Waals surface area contributed by atoms with E-state index in [4.69, 9.17) is 4.74 Å². The summed E-state index contributed by atoms with van der Waals surface area (Å²) in [7, 11) is 0. The number of nitrogens with zero attached hydrogens (tertiary/aromatic N) is 1. The highest BCUT2D eigenvalue weighted by molar-refractivity contribution is 14.1. The Balaban J connectivity index is 2.29. The Hall–Kier alpha value is -1.14. The fraction of sp³-hybridized carbons (Fsp3) is 0.267. The number of aliphatic hydroxyl groups excluding tert-OH is 1. The molecule has 0 saturated heterocycles. The van der Waals surface area contributed by atoms with Crippen molar-refractivity contribution in [3.63, 3.8) is 0 Å². The molecule has 0 aliphatic rings. The molecular weight excluding hydrogens is 353 g/mol. The average molecular weight is 369 g/mol. The smallest absolute Gasteiger partial charge is 0.219 e. The normalized spacial score (nSPS) is 10.5. The van der Waals surface area contributed by atoms with E-state index in [9.17, 15) is 5.11 Å². The average Bonchev–Trinajstić information content (AvgIpc) is 2.41. The van der Waals surface area contributed by atoms with Gasteiger partial charge in [0.15, 0.2) is 0 Å². The molecule has 0 fully saturated rings. The summed E-state index contributed by atoms with van der Waals surface area (Å²) in [6.45, 7) is 2.11. The second-order valence-corrected chi connectivity index (χ2v) is 5.41. The minimum atomic E-state index is 0.00146. The predicted molar refractivity (Wildman–Crippen MR) is 83.4 cm³/mol. The van der Waals surface area contributed by atoms with Crippen LogP contribution in [-0.4, -0.2) is 10.1 Å². The third-order valence-electron chi connectivity index (χ3n) is 2.65. The van der Waals surface area contributed by atoms with E-state index >= 15 is 0 Å². The first kappa shape index (κ1) is 14.3. The number of benzene rings is 1. The van der Waals surface area contributed by atoms with Crippen molar-refractivity contribution in [3.8, 4) is 11.6 Å². The Morgan fingerprint density at radius 1 is 1.26 bits per heavy atom. The van der Waals surface area contributed by atoms with E-state index in [0.717, 1.165) is 33.4 Å². The van der Waals surface area contributed by atoms with Gasteiger partial charge in [0, 0.05) is 11.8 Å². The molecule has 0 radical (unpaired) electrons. The van der Waals surface area contributed by atoms with Gasteiger partial charge in [-0.05, 0) is 52.8 Å². The van der Waals surface area contributed by atoms with Crippen LogP contribution < -0.4 is 4.74 Å². The molecule has 0 spiro atoms. The third kappa shape index (κ3) is 3.91. The highest BCUT2D eigenvalue weighted by atomic mass is 127. The van der Waals surface area contributed by atoms with Gasteiger partial charge in [-0.1, -0.05) is 25.5 Å². The highest BCUT2D eigenvalue weighted by Crippen LogP contribution is 2.26. The molecular formula is C15H16INO2. The third-order valence-corrected chi connectivity index (χ3v) is 3.55. The van der Waals surface area contributed by atoms with Crippen LogP contribution in [0.25, 0.3) is 0 Å². The maximum Gasteiger partial charge on any atom is 0.219 e. The fourth-order valence-electron chi connectivity index (χ4n) is 1.79. The first-order chi connectivity index (χ1) is 9.22. The van der Waals surface area contributed by atoms with Gasteiger partial charge in [0.2, 0.25) is 5.88 Å². The fourth-order valence-corrected chi connectivity index (χ4v) is 2.29. The lowest BCUT2D eigenvalue weighted by Gasteiger charge is -2.09. The van der Waals surface area contributed by atoms with Crippen molar-refractivity contribution in [1.82, 2.24) is 4.98 Å². The molecule has 1 aromatic carbocycles. The van der Waals surface area contributed by atoms with Crippen molar-refractivity contribution >= 4 is 22.6 Å². The molecule has 0 aliphatic carbocycles. The van der Waals surface area contributed by atoms with Gasteiger partial charge in [-0.2, -0.15) is 0 Å². The first-order valence-electron chi connectivity index (χ1n) is 6.26. The topological polar surface area (TPSA) is 42.4 Å². The van der Waals surface area contributed by atoms with Crippen LogP contribution in [0.5, 0.6) is 11.6 Å². The summed E-state index contributed by atoms with van der Waals surface area (Å²) in [5, 5.41) is 9.29. The molecule has 3 nitrogen and oxygen atoms in total. The van der Waals surface area contributed by atoms with Crippen molar-refractivity contribution in [3.05, 3.63) is 51.2 Å². The van der Waals surface area contributed by atoms with Gasteiger partial charge >= 0.3 is 0 Å². The predicted octanol–water partition coefficient (Wildman–Crippen LogP) is 3.92. The lowest BCUT2D eigenvalue weighted by Crippen LogP contribution is -1.97. The van der Waals surface area contributed by atoms with E-state index in [0.29, 0.717) is 5.88 Å². The molecule has 0 amide bonds. The van der Waals surface area contributed by atoms with E-state index in [1.165, 1.54) is 0 Å². The monoisotopic (exact) mass is 369 g/mol. The molecule has 1 N–H and O–H groups in total. The molecule has 1 heterocycles. The van der Waals surface area contributed by atoms with Crippen molar-refractivity contribution in [2.45, 2.75) is 26.4 Å². The summed E-state index contributed by atoms with van der Waals surface area (Å²) < 4.78 is 6.84. The summed E-state index contributed by atoms with van der Waals surface area (Å²) >= 11 is 2.23. The van der Waals surface area contributed by atoms with Crippen LogP contribution in [0.3, 0.4) is 0 Å². The SMILES string of the molecule is CCCc1cc(CO)cc(Oc2ccccc2I)n1. The second kappa shape index (κ2) is 6.86. The van der Waals surface area contributed by atoms with Crippen LogP contribution in [0.1, 0.15) is 24.6 Å². The lowest BCUT2D eigenvalue weighted by atomic mass is 10.2. The van der Waals surface area contributed by atoms with Crippen LogP contribution in [0.15, 0.2) is 36.4 Å². The Bertz CT molecular complexity index is 558. The molecule has 100 valence electrons. The minimum absolute atomic E-state index is 0.00146. The van der Waals surface area contributed by atoms with E-state index in [2.05, 4.69) is 34.5 Å². The molecule has 2 aromatic rings. The Morgan fingerprint density at radius 2 is 2.05 bits per heavy atom. The quantitative estimate of drug-likeness (QED) is 0.813. The van der Waals surface area contributed by atoms with Gasteiger partial charge in [-0.25, -0.2) is 4.98 Å². The number of aromatic nitrogens is 1. The zero-order valence-corrected chi connectivity index (χ0v) is 12.9. The molecule has 0 unspecified atom stereocenters. The number of rotatable bonds is 5. The molecule has 0 aliphatic heterocycles. The number of ether oxygens (including phenoxy) is 1. The molecule has 0 saturated carbocycles. The lowest BCUT2D eigenvalue weighted by molar-refractivity contribution is 0.280. The zero-order chi connectivity index (χ0) is 13.7. The largest absolute Gasteiger partial charge is 0.438 e. The summed E-state index contributed by atoms with van der Waals surface area (Å²) in [6.07, 6.45) is 1.90. The number of aliphatic hydroxyl groups is 1. The van der Waals surface area contributed by atoms with Crippen LogP contribution in [0.4, 0.5) is 0 Å². The van der Waals surface area contributed by atoms with Crippen molar-refractivity contribution < 1.29 is 9.84 Å². The van der Waals surface area contributed by atoms with Gasteiger partial charge in [-0.3, -0.25) is 0 Å². The van der Waals surface area contributed by atoms with Gasteiger partial charge in [0.1, 0.15) is 5.75 Å². The summed E-state index contributed by atoms with van der Waals surface area (Å²) in [5.74, 6) is 1.33. The number of hydrogen-bond acceptors (Lipinski definition) is 3. The van der Waals surface area contributed by atoms with E-state index in [1.54, 1.807) is 6.07 Å². The van der Waals surface area contributed by atoms with Gasteiger partial charge < -0.3 is 9.84 Å². The van der Waals surface area contributed by atoms with E-state index in [-0.39, 0.29) is 6.61 Å². The van der Waals surface area contributed by atoms with E-state index < -0.39 is 0 Å². The maximum atomic E-state index is 9.29. The number of pyridine rings is 1. The standard InChI is InChI=1S/C15H16INO2/c1-2-5-12-8-11(10-18)9-15(17-12)19-14-7-4-3-6-13(14)16/h3-4,6-9,18H,2,5,10H2,1H3. The molecule has 1 aromatic heterocycles. The summed E-state index contributed by atoms with van der Waals surface area (Å²) in [5.41, 5.74) is 1.79. The van der Waals surface area contributed by atoms with Gasteiger partial charge in [-0.15, -0.1) is 0 Å². The van der Waals surface area contributed by atoms with Crippen molar-refractivity contribution in [2.24, 2.45) is 0 Å². The zero-order valence-electron chi connectivity index (χ0n) is 10.8. The molecule has 19 heavy (non-hydrogen) atoms. The van der Waals surface area contributed by atoms with E-state index in [1.807, 2.05) is 30.3 Å².